The van der Waals surface area contributed by atoms with Crippen molar-refractivity contribution in [3.63, 3.8) is 0 Å². The quantitative estimate of drug-likeness (QED) is 0.267. The molecule has 11 nitrogen and oxygen atoms in total. The molecule has 0 radical (unpaired) electrons. The van der Waals surface area contributed by atoms with Crippen molar-refractivity contribution in [1.29, 1.82) is 0 Å². The molecule has 3 aromatic heterocycles. The zero-order valence-corrected chi connectivity index (χ0v) is 27.0. The Labute approximate surface area is 263 Å². The fraction of sp³-hybridized carbons (Fsp3) is 0.333. The van der Waals surface area contributed by atoms with Crippen molar-refractivity contribution >= 4 is 38.4 Å². The van der Waals surface area contributed by atoms with Crippen LogP contribution in [0.2, 0.25) is 0 Å². The molecule has 0 amide bonds. The molecule has 2 aromatic carbocycles. The molecule has 0 unspecified atom stereocenters. The molecule has 0 aliphatic carbocycles. The molecule has 0 bridgehead atoms. The summed E-state index contributed by atoms with van der Waals surface area (Å²) in [7, 11) is -1.51. The van der Waals surface area contributed by atoms with Gasteiger partial charge in [-0.1, -0.05) is 24.3 Å². The summed E-state index contributed by atoms with van der Waals surface area (Å²) in [6, 6.07) is 17.8. The summed E-state index contributed by atoms with van der Waals surface area (Å²) in [5.74, 6) is 0.365. The van der Waals surface area contributed by atoms with Crippen molar-refractivity contribution in [2.45, 2.75) is 39.5 Å². The number of fused-ring (bicyclic) bond motifs is 1. The lowest BCUT2D eigenvalue weighted by Crippen LogP contribution is -2.44. The van der Waals surface area contributed by atoms with E-state index >= 15 is 0 Å². The summed E-state index contributed by atoms with van der Waals surface area (Å²) in [5.41, 5.74) is 5.14. The van der Waals surface area contributed by atoms with E-state index in [1.54, 1.807) is 37.6 Å². The van der Waals surface area contributed by atoms with E-state index in [4.69, 9.17) is 4.98 Å². The summed E-state index contributed by atoms with van der Waals surface area (Å²) < 4.78 is 28.7. The van der Waals surface area contributed by atoms with Gasteiger partial charge < -0.3 is 15.1 Å². The Hall–Kier alpha value is -4.55. The van der Waals surface area contributed by atoms with Crippen LogP contribution in [-0.2, 0) is 16.6 Å². The van der Waals surface area contributed by atoms with E-state index in [1.807, 2.05) is 43.3 Å². The molecule has 5 aromatic rings. The summed E-state index contributed by atoms with van der Waals surface area (Å²) >= 11 is 0. The molecule has 0 atom stereocenters. The first-order valence-corrected chi connectivity index (χ1v) is 16.6. The minimum absolute atomic E-state index is 0.274. The Morgan fingerprint density at radius 1 is 0.956 bits per heavy atom. The van der Waals surface area contributed by atoms with Crippen LogP contribution < -0.4 is 15.8 Å². The Morgan fingerprint density at radius 2 is 1.67 bits per heavy atom. The van der Waals surface area contributed by atoms with Crippen molar-refractivity contribution in [2.75, 3.05) is 43.4 Å². The van der Waals surface area contributed by atoms with Gasteiger partial charge in [0.05, 0.1) is 28.7 Å². The average molecular weight is 627 g/mol. The zero-order valence-electron chi connectivity index (χ0n) is 26.2. The minimum Gasteiger partial charge on any atom is -0.369 e. The van der Waals surface area contributed by atoms with E-state index in [-0.39, 0.29) is 17.7 Å². The van der Waals surface area contributed by atoms with Crippen molar-refractivity contribution < 1.29 is 8.42 Å². The van der Waals surface area contributed by atoms with Crippen molar-refractivity contribution in [1.82, 2.24) is 28.4 Å². The van der Waals surface area contributed by atoms with Gasteiger partial charge in [0, 0.05) is 49.1 Å². The molecular formula is C33H38N8O3S. The zero-order chi connectivity index (χ0) is 31.9. The molecular weight excluding hydrogens is 588 g/mol. The third-order valence-corrected chi connectivity index (χ3v) is 10.6. The highest BCUT2D eigenvalue weighted by molar-refractivity contribution is 7.90. The van der Waals surface area contributed by atoms with Gasteiger partial charge >= 0.3 is 0 Å². The predicted octanol–water partition coefficient (Wildman–Crippen LogP) is 4.40. The van der Waals surface area contributed by atoms with Gasteiger partial charge in [-0.05, 0) is 76.2 Å². The van der Waals surface area contributed by atoms with Gasteiger partial charge in [-0.25, -0.2) is 22.4 Å². The fourth-order valence-electron chi connectivity index (χ4n) is 5.59. The van der Waals surface area contributed by atoms with Gasteiger partial charge in [-0.2, -0.15) is 4.98 Å². The molecule has 0 saturated carbocycles. The second-order valence-corrected chi connectivity index (χ2v) is 14.2. The topological polar surface area (TPSA) is 118 Å². The molecule has 234 valence electrons. The predicted molar refractivity (Wildman–Crippen MR) is 179 cm³/mol. The maximum absolute atomic E-state index is 14.2. The lowest BCUT2D eigenvalue weighted by molar-refractivity contribution is 0.313. The van der Waals surface area contributed by atoms with E-state index in [0.29, 0.717) is 28.4 Å². The maximum atomic E-state index is 14.2. The molecule has 1 aliphatic rings. The lowest BCUT2D eigenvalue weighted by Gasteiger charge is -2.34. The van der Waals surface area contributed by atoms with Crippen LogP contribution in [0.15, 0.2) is 71.9 Å². The number of aromatic nitrogens is 5. The van der Waals surface area contributed by atoms with Crippen LogP contribution >= 0.6 is 0 Å². The summed E-state index contributed by atoms with van der Waals surface area (Å²) in [4.78, 5) is 32.7. The molecule has 6 rings (SSSR count). The van der Waals surface area contributed by atoms with Crippen LogP contribution in [0.5, 0.6) is 0 Å². The van der Waals surface area contributed by atoms with E-state index < -0.39 is 15.3 Å². The molecule has 4 heterocycles. The molecule has 1 N–H and O–H groups in total. The number of hydrogen-bond acceptors (Lipinski definition) is 9. The smallest absolute Gasteiger partial charge is 0.262 e. The SMILES string of the molecule is Cc1ccccc1Cn1c(=O)c(-c2ncn(S(=O)(=O)C(C)C)c2C)cc2cnc(Nc3ccc(N4CCN(C)CC4)cc3)nc21. The highest BCUT2D eigenvalue weighted by atomic mass is 32.2. The number of benzene rings is 2. The number of rotatable bonds is 8. The number of hydrogen-bond donors (Lipinski definition) is 1. The number of nitrogens with one attached hydrogen (secondary N) is 1. The molecule has 1 aliphatic heterocycles. The number of nitrogens with zero attached hydrogens (tertiary/aromatic N) is 7. The summed E-state index contributed by atoms with van der Waals surface area (Å²) in [5, 5.41) is 3.28. The Morgan fingerprint density at radius 3 is 2.36 bits per heavy atom. The number of anilines is 3. The monoisotopic (exact) mass is 626 g/mol. The standard InChI is InChI=1S/C33H38N8O3S/c1-22(2)45(43,44)41-21-35-30(24(41)4)29-18-26-19-34-33(36-27-10-12-28(13-11-27)39-16-14-38(5)15-17-39)37-31(26)40(32(29)42)20-25-9-7-6-8-23(25)3/h6-13,18-19,21-22H,14-17,20H2,1-5H3,(H,34,36,37). The van der Waals surface area contributed by atoms with Crippen molar-refractivity contribution in [2.24, 2.45) is 0 Å². The first-order chi connectivity index (χ1) is 21.5. The Balaban J connectivity index is 1.40. The normalized spacial score (nSPS) is 14.4. The van der Waals surface area contributed by atoms with Crippen LogP contribution in [0, 0.1) is 13.8 Å². The first kappa shape index (κ1) is 30.5. The molecule has 45 heavy (non-hydrogen) atoms. The highest BCUT2D eigenvalue weighted by Crippen LogP contribution is 2.26. The van der Waals surface area contributed by atoms with Crippen LogP contribution in [0.3, 0.4) is 0 Å². The third-order valence-electron chi connectivity index (χ3n) is 8.50. The summed E-state index contributed by atoms with van der Waals surface area (Å²) in [6.07, 6.45) is 2.95. The van der Waals surface area contributed by atoms with Crippen LogP contribution in [0.25, 0.3) is 22.3 Å². The largest absolute Gasteiger partial charge is 0.369 e. The molecule has 1 fully saturated rings. The van der Waals surface area contributed by atoms with Crippen LogP contribution in [0.4, 0.5) is 17.3 Å². The highest BCUT2D eigenvalue weighted by Gasteiger charge is 2.25. The van der Waals surface area contributed by atoms with Gasteiger partial charge in [0.25, 0.3) is 5.56 Å². The van der Waals surface area contributed by atoms with E-state index in [9.17, 15) is 13.2 Å². The van der Waals surface area contributed by atoms with E-state index in [2.05, 4.69) is 44.3 Å². The third kappa shape index (κ3) is 5.95. The number of piperazine rings is 1. The van der Waals surface area contributed by atoms with Gasteiger partial charge in [0.15, 0.2) is 0 Å². The molecule has 12 heteroatoms. The second-order valence-electron chi connectivity index (χ2n) is 11.9. The van der Waals surface area contributed by atoms with Crippen LogP contribution in [0.1, 0.15) is 30.7 Å². The number of likely N-dealkylation sites (N-methyl/N-ethyl adjacent to an activating group) is 1. The molecule has 0 spiro atoms. The average Bonchev–Trinajstić information content (AvgIpc) is 3.42. The molecule has 1 saturated heterocycles. The summed E-state index contributed by atoms with van der Waals surface area (Å²) in [6.45, 7) is 11.2. The number of aryl methyl sites for hydroxylation is 1. The maximum Gasteiger partial charge on any atom is 0.262 e. The minimum atomic E-state index is -3.65. The second kappa shape index (κ2) is 12.1. The van der Waals surface area contributed by atoms with Gasteiger partial charge in [-0.15, -0.1) is 0 Å². The number of imidazole rings is 1. The van der Waals surface area contributed by atoms with Gasteiger partial charge in [0.2, 0.25) is 16.0 Å². The Bertz CT molecular complexity index is 2030. The van der Waals surface area contributed by atoms with Crippen LogP contribution in [-0.4, -0.2) is 75.3 Å². The van der Waals surface area contributed by atoms with Crippen molar-refractivity contribution in [3.8, 4) is 11.3 Å². The van der Waals surface area contributed by atoms with Gasteiger partial charge in [-0.3, -0.25) is 9.36 Å². The van der Waals surface area contributed by atoms with Crippen molar-refractivity contribution in [3.05, 3.63) is 94.3 Å². The number of pyridine rings is 1. The fourth-order valence-corrected chi connectivity index (χ4v) is 6.69. The van der Waals surface area contributed by atoms with E-state index in [0.717, 1.165) is 47.0 Å². The van der Waals surface area contributed by atoms with Gasteiger partial charge in [0.1, 0.15) is 12.0 Å². The lowest BCUT2D eigenvalue weighted by atomic mass is 10.1. The first-order valence-electron chi connectivity index (χ1n) is 15.1. The van der Waals surface area contributed by atoms with E-state index in [1.165, 1.54) is 12.0 Å². The Kier molecular flexibility index (Phi) is 8.19.